The van der Waals surface area contributed by atoms with Gasteiger partial charge in [0.2, 0.25) is 15.8 Å². The predicted octanol–water partition coefficient (Wildman–Crippen LogP) is 1.69. The van der Waals surface area contributed by atoms with Gasteiger partial charge in [0.15, 0.2) is 0 Å². The third-order valence-corrected chi connectivity index (χ3v) is 6.65. The smallest absolute Gasteiger partial charge is 0.351 e. The fourth-order valence-corrected chi connectivity index (χ4v) is 4.86. The summed E-state index contributed by atoms with van der Waals surface area (Å²) < 4.78 is 41.8. The number of nitro groups is 1. The van der Waals surface area contributed by atoms with Crippen molar-refractivity contribution < 1.29 is 17.7 Å². The molecule has 3 aromatic rings. The number of hydrogen-bond donors (Lipinski definition) is 1. The van der Waals surface area contributed by atoms with E-state index in [2.05, 4.69) is 9.71 Å². The van der Waals surface area contributed by atoms with Crippen molar-refractivity contribution in [2.45, 2.75) is 23.8 Å². The summed E-state index contributed by atoms with van der Waals surface area (Å²) in [5.41, 5.74) is -1.11. The standard InChI is InChI=1S/C19H18FN5O5S/c20-13-4-6-15(7-5-13)31(29,30)22-14-8-11-23(12-9-14)18-17(25(27)28)19(26)24-10-2-1-3-16(24)21-18/h1-7,10,14,22H,8-9,11-12H2. The molecule has 1 aliphatic rings. The van der Waals surface area contributed by atoms with Gasteiger partial charge < -0.3 is 4.90 Å². The van der Waals surface area contributed by atoms with Crippen LogP contribution in [0.3, 0.4) is 0 Å². The fraction of sp³-hybridized carbons (Fsp3) is 0.263. The lowest BCUT2D eigenvalue weighted by Crippen LogP contribution is -2.45. The van der Waals surface area contributed by atoms with Gasteiger partial charge in [-0.3, -0.25) is 19.3 Å². The van der Waals surface area contributed by atoms with Crippen LogP contribution in [0.5, 0.6) is 0 Å². The van der Waals surface area contributed by atoms with E-state index in [1.165, 1.54) is 18.3 Å². The second-order valence-electron chi connectivity index (χ2n) is 7.11. The summed E-state index contributed by atoms with van der Waals surface area (Å²) in [7, 11) is -3.83. The summed E-state index contributed by atoms with van der Waals surface area (Å²) in [5.74, 6) is -0.561. The summed E-state index contributed by atoms with van der Waals surface area (Å²) in [5, 5.41) is 11.6. The van der Waals surface area contributed by atoms with Crippen LogP contribution in [0, 0.1) is 15.9 Å². The molecule has 0 radical (unpaired) electrons. The quantitative estimate of drug-likeness (QED) is 0.466. The average Bonchev–Trinajstić information content (AvgIpc) is 2.74. The number of halogens is 1. The van der Waals surface area contributed by atoms with Gasteiger partial charge in [0, 0.05) is 25.3 Å². The number of rotatable bonds is 5. The van der Waals surface area contributed by atoms with Crippen LogP contribution >= 0.6 is 0 Å². The molecule has 3 heterocycles. The van der Waals surface area contributed by atoms with E-state index < -0.39 is 38.1 Å². The number of nitrogens with one attached hydrogen (secondary N) is 1. The molecular weight excluding hydrogens is 429 g/mol. The van der Waals surface area contributed by atoms with Gasteiger partial charge in [-0.25, -0.2) is 22.5 Å². The van der Waals surface area contributed by atoms with Crippen LogP contribution in [-0.2, 0) is 10.0 Å². The number of pyridine rings is 1. The Labute approximate surface area is 176 Å². The number of nitrogens with zero attached hydrogens (tertiary/aromatic N) is 4. The highest BCUT2D eigenvalue weighted by atomic mass is 32.2. The summed E-state index contributed by atoms with van der Waals surface area (Å²) in [4.78, 5) is 29.3. The van der Waals surface area contributed by atoms with Crippen molar-refractivity contribution in [1.29, 1.82) is 0 Å². The van der Waals surface area contributed by atoms with Crippen molar-refractivity contribution in [3.63, 3.8) is 0 Å². The molecule has 0 bridgehead atoms. The Kier molecular flexibility index (Phi) is 5.41. The Morgan fingerprint density at radius 3 is 2.45 bits per heavy atom. The molecule has 1 N–H and O–H groups in total. The van der Waals surface area contributed by atoms with E-state index in [1.807, 2.05) is 0 Å². The van der Waals surface area contributed by atoms with E-state index in [0.29, 0.717) is 12.8 Å². The maximum absolute atomic E-state index is 13.1. The van der Waals surface area contributed by atoms with Crippen LogP contribution in [0.15, 0.2) is 58.4 Å². The molecule has 31 heavy (non-hydrogen) atoms. The van der Waals surface area contributed by atoms with Crippen LogP contribution in [0.25, 0.3) is 5.65 Å². The molecule has 0 aliphatic carbocycles. The van der Waals surface area contributed by atoms with Gasteiger partial charge in [0.1, 0.15) is 11.5 Å². The molecule has 0 spiro atoms. The summed E-state index contributed by atoms with van der Waals surface area (Å²) >= 11 is 0. The van der Waals surface area contributed by atoms with Crippen LogP contribution in [0.2, 0.25) is 0 Å². The van der Waals surface area contributed by atoms with E-state index in [9.17, 15) is 27.7 Å². The molecule has 162 valence electrons. The fourth-order valence-electron chi connectivity index (χ4n) is 3.56. The van der Waals surface area contributed by atoms with Gasteiger partial charge in [-0.1, -0.05) is 6.07 Å². The van der Waals surface area contributed by atoms with Crippen molar-refractivity contribution in [3.8, 4) is 0 Å². The highest BCUT2D eigenvalue weighted by Gasteiger charge is 2.31. The molecule has 0 amide bonds. The van der Waals surface area contributed by atoms with Crippen molar-refractivity contribution >= 4 is 27.2 Å². The van der Waals surface area contributed by atoms with Gasteiger partial charge in [0.05, 0.1) is 9.82 Å². The van der Waals surface area contributed by atoms with Crippen molar-refractivity contribution in [2.24, 2.45) is 0 Å². The van der Waals surface area contributed by atoms with Crippen LogP contribution in [-0.4, -0.2) is 41.9 Å². The Morgan fingerprint density at radius 1 is 1.13 bits per heavy atom. The monoisotopic (exact) mass is 447 g/mol. The van der Waals surface area contributed by atoms with E-state index in [0.717, 1.165) is 16.5 Å². The average molecular weight is 447 g/mol. The molecule has 1 aliphatic heterocycles. The topological polar surface area (TPSA) is 127 Å². The van der Waals surface area contributed by atoms with Crippen LogP contribution in [0.1, 0.15) is 12.8 Å². The van der Waals surface area contributed by atoms with E-state index in [4.69, 9.17) is 0 Å². The van der Waals surface area contributed by atoms with E-state index >= 15 is 0 Å². The van der Waals surface area contributed by atoms with Crippen molar-refractivity contribution in [3.05, 3.63) is 74.9 Å². The normalized spacial score (nSPS) is 15.3. The third kappa shape index (κ3) is 4.11. The van der Waals surface area contributed by atoms with Crippen LogP contribution in [0.4, 0.5) is 15.9 Å². The zero-order chi connectivity index (χ0) is 22.2. The molecule has 1 saturated heterocycles. The summed E-state index contributed by atoms with van der Waals surface area (Å²) in [6.07, 6.45) is 2.12. The molecule has 1 aromatic carbocycles. The van der Waals surface area contributed by atoms with Gasteiger partial charge in [-0.2, -0.15) is 0 Å². The first-order valence-corrected chi connectivity index (χ1v) is 10.9. The van der Waals surface area contributed by atoms with E-state index in [1.54, 1.807) is 23.1 Å². The minimum absolute atomic E-state index is 0.0268. The van der Waals surface area contributed by atoms with Crippen molar-refractivity contribution in [1.82, 2.24) is 14.1 Å². The first kappa shape index (κ1) is 20.9. The SMILES string of the molecule is O=c1c([N+](=O)[O-])c(N2CCC(NS(=O)(=O)c3ccc(F)cc3)CC2)nc2ccccn12. The van der Waals surface area contributed by atoms with Crippen molar-refractivity contribution in [2.75, 3.05) is 18.0 Å². The minimum Gasteiger partial charge on any atom is -0.351 e. The Balaban J connectivity index is 1.54. The number of aromatic nitrogens is 2. The highest BCUT2D eigenvalue weighted by Crippen LogP contribution is 2.26. The number of benzene rings is 1. The Bertz CT molecular complexity index is 1300. The largest absolute Gasteiger partial charge is 0.376 e. The number of piperidine rings is 1. The molecule has 0 atom stereocenters. The minimum atomic E-state index is -3.83. The van der Waals surface area contributed by atoms with Gasteiger partial charge in [-0.05, 0) is 49.2 Å². The molecule has 0 saturated carbocycles. The van der Waals surface area contributed by atoms with E-state index in [-0.39, 0.29) is 29.5 Å². The Morgan fingerprint density at radius 2 is 1.81 bits per heavy atom. The number of sulfonamides is 1. The number of anilines is 1. The summed E-state index contributed by atoms with van der Waals surface area (Å²) in [6, 6.07) is 8.93. The number of hydrogen-bond acceptors (Lipinski definition) is 7. The molecule has 12 heteroatoms. The predicted molar refractivity (Wildman–Crippen MR) is 110 cm³/mol. The van der Waals surface area contributed by atoms with Gasteiger partial charge >= 0.3 is 11.2 Å². The lowest BCUT2D eigenvalue weighted by atomic mass is 10.1. The third-order valence-electron chi connectivity index (χ3n) is 5.11. The van der Waals surface area contributed by atoms with Crippen LogP contribution < -0.4 is 15.2 Å². The maximum Gasteiger partial charge on any atom is 0.376 e. The maximum atomic E-state index is 13.1. The second-order valence-corrected chi connectivity index (χ2v) is 8.83. The zero-order valence-electron chi connectivity index (χ0n) is 16.1. The lowest BCUT2D eigenvalue weighted by molar-refractivity contribution is -0.385. The second kappa shape index (κ2) is 8.04. The molecule has 10 nitrogen and oxygen atoms in total. The summed E-state index contributed by atoms with van der Waals surface area (Å²) in [6.45, 7) is 0.541. The molecule has 4 rings (SSSR count). The van der Waals surface area contributed by atoms with Gasteiger partial charge in [0.25, 0.3) is 0 Å². The molecule has 0 unspecified atom stereocenters. The molecule has 1 fully saturated rings. The molecular formula is C19H18FN5O5S. The highest BCUT2D eigenvalue weighted by molar-refractivity contribution is 7.89. The lowest BCUT2D eigenvalue weighted by Gasteiger charge is -2.32. The first-order chi connectivity index (χ1) is 14.8. The van der Waals surface area contributed by atoms with Gasteiger partial charge in [-0.15, -0.1) is 0 Å². The zero-order valence-corrected chi connectivity index (χ0v) is 17.0. The number of fused-ring (bicyclic) bond motifs is 1. The first-order valence-electron chi connectivity index (χ1n) is 9.45. The molecule has 2 aromatic heterocycles. The Hall–Kier alpha value is -3.38.